The van der Waals surface area contributed by atoms with E-state index in [-0.39, 0.29) is 16.7 Å². The summed E-state index contributed by atoms with van der Waals surface area (Å²) in [6, 6.07) is 8.17. The van der Waals surface area contributed by atoms with Crippen LogP contribution >= 0.6 is 0 Å². The lowest BCUT2D eigenvalue weighted by Crippen LogP contribution is -2.40. The summed E-state index contributed by atoms with van der Waals surface area (Å²) in [5.74, 6) is 1.74. The highest BCUT2D eigenvalue weighted by molar-refractivity contribution is 7.89. The third-order valence-corrected chi connectivity index (χ3v) is 6.67. The lowest BCUT2D eigenvalue weighted by atomic mass is 9.97. The first kappa shape index (κ1) is 20.5. The van der Waals surface area contributed by atoms with Crippen molar-refractivity contribution in [2.75, 3.05) is 32.8 Å². The lowest BCUT2D eigenvalue weighted by molar-refractivity contribution is -0.127. The Labute approximate surface area is 175 Å². The van der Waals surface area contributed by atoms with Gasteiger partial charge in [0.05, 0.1) is 11.2 Å². The number of rotatable bonds is 6. The Morgan fingerprint density at radius 3 is 2.63 bits per heavy atom. The number of hydrogen-bond acceptors (Lipinski definition) is 6. The smallest absolute Gasteiger partial charge is 0.246 e. The van der Waals surface area contributed by atoms with Crippen LogP contribution in [0.2, 0.25) is 0 Å². The van der Waals surface area contributed by atoms with E-state index < -0.39 is 10.0 Å². The van der Waals surface area contributed by atoms with Gasteiger partial charge in [0.2, 0.25) is 15.9 Å². The van der Waals surface area contributed by atoms with Crippen LogP contribution in [0.3, 0.4) is 0 Å². The molecule has 1 N–H and O–H groups in total. The van der Waals surface area contributed by atoms with Gasteiger partial charge in [0, 0.05) is 31.8 Å². The highest BCUT2D eigenvalue weighted by Gasteiger charge is 2.24. The largest absolute Gasteiger partial charge is 0.486 e. The highest BCUT2D eigenvalue weighted by atomic mass is 32.2. The summed E-state index contributed by atoms with van der Waals surface area (Å²) in [5.41, 5.74) is 0. The van der Waals surface area contributed by atoms with Crippen LogP contribution in [0.25, 0.3) is 6.08 Å². The molecule has 1 aromatic heterocycles. The maximum Gasteiger partial charge on any atom is 0.246 e. The van der Waals surface area contributed by atoms with Crippen molar-refractivity contribution in [2.24, 2.45) is 5.92 Å². The molecule has 0 atom stereocenters. The van der Waals surface area contributed by atoms with Gasteiger partial charge >= 0.3 is 0 Å². The minimum absolute atomic E-state index is 0.0679. The molecule has 2 aliphatic heterocycles. The van der Waals surface area contributed by atoms with Gasteiger partial charge in [-0.25, -0.2) is 13.1 Å². The molecule has 30 heavy (non-hydrogen) atoms. The van der Waals surface area contributed by atoms with E-state index in [9.17, 15) is 13.2 Å². The summed E-state index contributed by atoms with van der Waals surface area (Å²) in [6.07, 6.45) is 6.19. The fourth-order valence-corrected chi connectivity index (χ4v) is 4.64. The standard InChI is InChI=1S/C21H24N2O6S/c24-21(6-3-17-2-1-11-27-17)23-9-7-16(8-10-23)15-22-30(25,26)18-4-5-19-20(14-18)29-13-12-28-19/h1-6,11,14,16,22H,7-10,12-13,15H2. The van der Waals surface area contributed by atoms with Gasteiger partial charge in [-0.15, -0.1) is 0 Å². The number of furan rings is 1. The number of nitrogens with zero attached hydrogens (tertiary/aromatic N) is 1. The Bertz CT molecular complexity index is 1010. The van der Waals surface area contributed by atoms with Crippen molar-refractivity contribution in [1.82, 2.24) is 9.62 Å². The average Bonchev–Trinajstić information content (AvgIpc) is 3.30. The molecule has 1 amide bonds. The van der Waals surface area contributed by atoms with Crippen LogP contribution in [0.4, 0.5) is 0 Å². The van der Waals surface area contributed by atoms with Crippen molar-refractivity contribution in [3.8, 4) is 11.5 Å². The number of fused-ring (bicyclic) bond motifs is 1. The first-order valence-corrected chi connectivity index (χ1v) is 11.4. The van der Waals surface area contributed by atoms with Gasteiger partial charge in [0.25, 0.3) is 0 Å². The van der Waals surface area contributed by atoms with Crippen LogP contribution in [0.15, 0.2) is 52.0 Å². The molecular weight excluding hydrogens is 408 g/mol. The topological polar surface area (TPSA) is 98.1 Å². The van der Waals surface area contributed by atoms with Crippen LogP contribution in [0.1, 0.15) is 18.6 Å². The second kappa shape index (κ2) is 8.93. The van der Waals surface area contributed by atoms with Crippen molar-refractivity contribution in [2.45, 2.75) is 17.7 Å². The summed E-state index contributed by atoms with van der Waals surface area (Å²) in [4.78, 5) is 14.2. The van der Waals surface area contributed by atoms with Gasteiger partial charge in [-0.3, -0.25) is 4.79 Å². The molecule has 8 nitrogen and oxygen atoms in total. The molecular formula is C21H24N2O6S. The Kier molecular flexibility index (Phi) is 6.10. The summed E-state index contributed by atoms with van der Waals surface area (Å²) >= 11 is 0. The molecule has 0 saturated carbocycles. The van der Waals surface area contributed by atoms with Crippen LogP contribution < -0.4 is 14.2 Å². The molecule has 1 fully saturated rings. The fourth-order valence-electron chi connectivity index (χ4n) is 3.50. The maximum absolute atomic E-state index is 12.6. The monoisotopic (exact) mass is 432 g/mol. The maximum atomic E-state index is 12.6. The van der Waals surface area contributed by atoms with Crippen LogP contribution in [0.5, 0.6) is 11.5 Å². The Morgan fingerprint density at radius 2 is 1.90 bits per heavy atom. The zero-order chi connectivity index (χ0) is 21.0. The molecule has 160 valence electrons. The van der Waals surface area contributed by atoms with Crippen molar-refractivity contribution in [3.05, 3.63) is 48.4 Å². The molecule has 2 aliphatic rings. The molecule has 1 aromatic carbocycles. The third-order valence-electron chi connectivity index (χ3n) is 5.25. The molecule has 2 aromatic rings. The number of likely N-dealkylation sites (tertiary alicyclic amines) is 1. The number of carbonyl (C=O) groups is 1. The predicted molar refractivity (Wildman–Crippen MR) is 110 cm³/mol. The highest BCUT2D eigenvalue weighted by Crippen LogP contribution is 2.32. The zero-order valence-corrected chi connectivity index (χ0v) is 17.3. The van der Waals surface area contributed by atoms with Crippen LogP contribution in [-0.2, 0) is 14.8 Å². The summed E-state index contributed by atoms with van der Waals surface area (Å²) in [6.45, 7) is 2.38. The van der Waals surface area contributed by atoms with E-state index in [1.54, 1.807) is 35.4 Å². The molecule has 0 aliphatic carbocycles. The van der Waals surface area contributed by atoms with Crippen molar-refractivity contribution < 1.29 is 27.1 Å². The summed E-state index contributed by atoms with van der Waals surface area (Å²) in [5, 5.41) is 0. The SMILES string of the molecule is O=C(C=Cc1ccco1)N1CCC(CNS(=O)(=O)c2ccc3c(c2)OCCO3)CC1. The first-order valence-electron chi connectivity index (χ1n) is 9.91. The Morgan fingerprint density at radius 1 is 1.13 bits per heavy atom. The van der Waals surface area contributed by atoms with E-state index in [2.05, 4.69) is 4.72 Å². The van der Waals surface area contributed by atoms with E-state index in [4.69, 9.17) is 13.9 Å². The number of piperidine rings is 1. The van der Waals surface area contributed by atoms with Crippen LogP contribution in [0, 0.1) is 5.92 Å². The number of hydrogen-bond donors (Lipinski definition) is 1. The number of benzene rings is 1. The summed E-state index contributed by atoms with van der Waals surface area (Å²) in [7, 11) is -3.64. The van der Waals surface area contributed by atoms with Crippen LogP contribution in [-0.4, -0.2) is 52.1 Å². The van der Waals surface area contributed by atoms with Gasteiger partial charge in [-0.1, -0.05) is 0 Å². The van der Waals surface area contributed by atoms with E-state index in [0.717, 1.165) is 12.8 Å². The minimum atomic E-state index is -3.64. The number of sulfonamides is 1. The Balaban J connectivity index is 1.27. The third kappa shape index (κ3) is 4.85. The minimum Gasteiger partial charge on any atom is -0.486 e. The second-order valence-electron chi connectivity index (χ2n) is 7.27. The molecule has 1 saturated heterocycles. The molecule has 0 radical (unpaired) electrons. The molecule has 0 bridgehead atoms. The van der Waals surface area contributed by atoms with Gasteiger partial charge < -0.3 is 18.8 Å². The van der Waals surface area contributed by atoms with Gasteiger partial charge in [0.1, 0.15) is 19.0 Å². The van der Waals surface area contributed by atoms with E-state index in [0.29, 0.717) is 50.1 Å². The molecule has 0 unspecified atom stereocenters. The number of amides is 1. The number of nitrogens with one attached hydrogen (secondary N) is 1. The zero-order valence-electron chi connectivity index (χ0n) is 16.5. The van der Waals surface area contributed by atoms with Crippen molar-refractivity contribution in [1.29, 1.82) is 0 Å². The normalized spacial score (nSPS) is 17.4. The second-order valence-corrected chi connectivity index (χ2v) is 9.04. The van der Waals surface area contributed by atoms with E-state index in [1.165, 1.54) is 18.2 Å². The van der Waals surface area contributed by atoms with E-state index in [1.807, 2.05) is 0 Å². The van der Waals surface area contributed by atoms with Gasteiger partial charge in [-0.2, -0.15) is 0 Å². The molecule has 0 spiro atoms. The van der Waals surface area contributed by atoms with Gasteiger partial charge in [-0.05, 0) is 49.1 Å². The molecule has 9 heteroatoms. The summed E-state index contributed by atoms with van der Waals surface area (Å²) < 4.78 is 44.0. The van der Waals surface area contributed by atoms with Crippen molar-refractivity contribution >= 4 is 22.0 Å². The first-order chi connectivity index (χ1) is 14.5. The predicted octanol–water partition coefficient (Wildman–Crippen LogP) is 2.28. The fraction of sp³-hybridized carbons (Fsp3) is 0.381. The van der Waals surface area contributed by atoms with Crippen molar-refractivity contribution in [3.63, 3.8) is 0 Å². The lowest BCUT2D eigenvalue weighted by Gasteiger charge is -2.31. The quantitative estimate of drug-likeness (QED) is 0.704. The number of ether oxygens (including phenoxy) is 2. The number of carbonyl (C=O) groups excluding carboxylic acids is 1. The molecule has 4 rings (SSSR count). The van der Waals surface area contributed by atoms with Gasteiger partial charge in [0.15, 0.2) is 11.5 Å². The van der Waals surface area contributed by atoms with E-state index >= 15 is 0 Å². The molecule has 3 heterocycles. The Hall–Kier alpha value is -2.78. The average molecular weight is 432 g/mol.